The van der Waals surface area contributed by atoms with Crippen LogP contribution in [0.25, 0.3) is 11.0 Å². The molecule has 3 rings (SSSR count). The Balaban J connectivity index is 1.78. The van der Waals surface area contributed by atoms with Gasteiger partial charge < -0.3 is 14.6 Å². The van der Waals surface area contributed by atoms with Crippen LogP contribution in [0.5, 0.6) is 5.75 Å². The molecule has 0 spiro atoms. The van der Waals surface area contributed by atoms with E-state index in [2.05, 4.69) is 15.0 Å². The molecular weight excluding hydrogens is 364 g/mol. The zero-order chi connectivity index (χ0) is 18.8. The normalized spacial score (nSPS) is 11.2. The van der Waals surface area contributed by atoms with Crippen molar-refractivity contribution in [1.29, 1.82) is 0 Å². The van der Waals surface area contributed by atoms with Gasteiger partial charge in [0.1, 0.15) is 5.75 Å². The Labute approximate surface area is 153 Å². The summed E-state index contributed by atoms with van der Waals surface area (Å²) < 4.78 is 30.7. The van der Waals surface area contributed by atoms with Gasteiger partial charge >= 0.3 is 6.61 Å². The summed E-state index contributed by atoms with van der Waals surface area (Å²) in [4.78, 5) is 16.7. The number of hydrogen-bond acceptors (Lipinski definition) is 3. The van der Waals surface area contributed by atoms with E-state index in [0.29, 0.717) is 6.54 Å². The number of fused-ring (bicyclic) bond motifs is 1. The molecule has 5 nitrogen and oxygen atoms in total. The monoisotopic (exact) mass is 379 g/mol. The van der Waals surface area contributed by atoms with E-state index < -0.39 is 6.61 Å². The molecule has 0 aliphatic rings. The lowest BCUT2D eigenvalue weighted by atomic mass is 10.1. The molecule has 0 saturated carbocycles. The van der Waals surface area contributed by atoms with Crippen LogP contribution in [0.15, 0.2) is 36.7 Å². The quantitative estimate of drug-likeness (QED) is 0.727. The second-order valence-corrected chi connectivity index (χ2v) is 6.20. The van der Waals surface area contributed by atoms with E-state index in [1.54, 1.807) is 6.33 Å². The number of nitrogens with one attached hydrogen (secondary N) is 1. The van der Waals surface area contributed by atoms with Gasteiger partial charge in [-0.3, -0.25) is 4.79 Å². The lowest BCUT2D eigenvalue weighted by Gasteiger charge is -2.12. The molecule has 0 unspecified atom stereocenters. The SMILES string of the molecule is Cc1ccc2ncn(C)c2c1CNC(=O)c1ccc(OC(F)F)c(Cl)c1. The fraction of sp³-hybridized carbons (Fsp3) is 0.222. The minimum atomic E-state index is -2.98. The van der Waals surface area contributed by atoms with Crippen LogP contribution in [0.2, 0.25) is 5.02 Å². The maximum atomic E-state index is 12.4. The van der Waals surface area contributed by atoms with E-state index in [9.17, 15) is 13.6 Å². The summed E-state index contributed by atoms with van der Waals surface area (Å²) in [6.45, 7) is -0.718. The Morgan fingerprint density at radius 3 is 2.81 bits per heavy atom. The average molecular weight is 380 g/mol. The molecule has 0 radical (unpaired) electrons. The van der Waals surface area contributed by atoms with Crippen molar-refractivity contribution in [3.05, 3.63) is 58.4 Å². The molecule has 1 amide bonds. The molecule has 8 heteroatoms. The summed E-state index contributed by atoms with van der Waals surface area (Å²) in [5.74, 6) is -0.539. The third-order valence-corrected chi connectivity index (χ3v) is 4.35. The van der Waals surface area contributed by atoms with Gasteiger partial charge in [0.05, 0.1) is 22.4 Å². The van der Waals surface area contributed by atoms with Gasteiger partial charge in [0.25, 0.3) is 5.91 Å². The number of nitrogens with zero attached hydrogens (tertiary/aromatic N) is 2. The highest BCUT2D eigenvalue weighted by Gasteiger charge is 2.14. The molecule has 0 aliphatic carbocycles. The molecule has 0 saturated heterocycles. The van der Waals surface area contributed by atoms with Crippen LogP contribution in [0.3, 0.4) is 0 Å². The van der Waals surface area contributed by atoms with E-state index in [-0.39, 0.29) is 22.2 Å². The maximum absolute atomic E-state index is 12.4. The molecule has 1 aromatic heterocycles. The van der Waals surface area contributed by atoms with Gasteiger partial charge in [0, 0.05) is 24.7 Å². The molecule has 26 heavy (non-hydrogen) atoms. The number of hydrogen-bond donors (Lipinski definition) is 1. The number of halogens is 3. The second-order valence-electron chi connectivity index (χ2n) is 5.79. The van der Waals surface area contributed by atoms with Crippen LogP contribution < -0.4 is 10.1 Å². The summed E-state index contributed by atoms with van der Waals surface area (Å²) in [7, 11) is 1.89. The Hall–Kier alpha value is -2.67. The topological polar surface area (TPSA) is 56.2 Å². The second kappa shape index (κ2) is 7.29. The van der Waals surface area contributed by atoms with E-state index in [0.717, 1.165) is 22.2 Å². The molecule has 0 aliphatic heterocycles. The minimum absolute atomic E-state index is 0.0529. The van der Waals surface area contributed by atoms with Gasteiger partial charge in [-0.2, -0.15) is 8.78 Å². The van der Waals surface area contributed by atoms with Crippen LogP contribution in [-0.4, -0.2) is 22.1 Å². The lowest BCUT2D eigenvalue weighted by Crippen LogP contribution is -2.23. The number of aromatic nitrogens is 2. The Morgan fingerprint density at radius 1 is 1.35 bits per heavy atom. The van der Waals surface area contributed by atoms with Gasteiger partial charge in [0.2, 0.25) is 0 Å². The number of benzene rings is 2. The largest absolute Gasteiger partial charge is 0.433 e. The summed E-state index contributed by atoms with van der Waals surface area (Å²) in [6.07, 6.45) is 1.72. The third-order valence-electron chi connectivity index (χ3n) is 4.05. The number of carbonyl (C=O) groups is 1. The number of carbonyl (C=O) groups excluding carboxylic acids is 1. The van der Waals surface area contributed by atoms with Gasteiger partial charge in [0.15, 0.2) is 0 Å². The first-order chi connectivity index (χ1) is 12.4. The van der Waals surface area contributed by atoms with Crippen molar-refractivity contribution >= 4 is 28.5 Å². The number of alkyl halides is 2. The van der Waals surface area contributed by atoms with E-state index >= 15 is 0 Å². The fourth-order valence-corrected chi connectivity index (χ4v) is 2.98. The van der Waals surface area contributed by atoms with Crippen LogP contribution in [-0.2, 0) is 13.6 Å². The molecular formula is C18H16ClF2N3O2. The van der Waals surface area contributed by atoms with Gasteiger partial charge in [-0.25, -0.2) is 4.98 Å². The van der Waals surface area contributed by atoms with E-state index in [1.807, 2.05) is 30.7 Å². The first kappa shape index (κ1) is 18.1. The first-order valence-electron chi connectivity index (χ1n) is 7.79. The summed E-state index contributed by atoms with van der Waals surface area (Å²) in [5.41, 5.74) is 4.04. The van der Waals surface area contributed by atoms with Crippen molar-refractivity contribution in [3.63, 3.8) is 0 Å². The predicted molar refractivity (Wildman–Crippen MR) is 94.7 cm³/mol. The standard InChI is InChI=1S/C18H16ClF2N3O2/c1-10-3-5-14-16(24(2)9-23-14)12(10)8-22-17(25)11-4-6-15(13(19)7-11)26-18(20)21/h3-7,9,18H,8H2,1-2H3,(H,22,25). The number of rotatable bonds is 5. The van der Waals surface area contributed by atoms with Crippen molar-refractivity contribution in [1.82, 2.24) is 14.9 Å². The average Bonchev–Trinajstić information content (AvgIpc) is 2.96. The van der Waals surface area contributed by atoms with Gasteiger partial charge in [-0.05, 0) is 36.8 Å². The molecule has 0 fully saturated rings. The molecule has 3 aromatic rings. The van der Waals surface area contributed by atoms with Crippen LogP contribution in [0.1, 0.15) is 21.5 Å². The minimum Gasteiger partial charge on any atom is -0.433 e. The molecule has 1 heterocycles. The molecule has 1 N–H and O–H groups in total. The zero-order valence-electron chi connectivity index (χ0n) is 14.1. The lowest BCUT2D eigenvalue weighted by molar-refractivity contribution is -0.0497. The summed E-state index contributed by atoms with van der Waals surface area (Å²) in [6, 6.07) is 7.81. The third kappa shape index (κ3) is 3.62. The first-order valence-corrected chi connectivity index (χ1v) is 8.16. The highest BCUT2D eigenvalue weighted by atomic mass is 35.5. The Kier molecular flexibility index (Phi) is 5.08. The van der Waals surface area contributed by atoms with Crippen molar-refractivity contribution in [3.8, 4) is 5.75 Å². The molecule has 0 atom stereocenters. The Bertz CT molecular complexity index is 972. The predicted octanol–water partition coefficient (Wildman–Crippen LogP) is 4.07. The van der Waals surface area contributed by atoms with Gasteiger partial charge in [-0.15, -0.1) is 0 Å². The highest BCUT2D eigenvalue weighted by Crippen LogP contribution is 2.27. The number of imidazole rings is 1. The van der Waals surface area contributed by atoms with Crippen molar-refractivity contribution in [2.45, 2.75) is 20.1 Å². The number of aryl methyl sites for hydroxylation is 2. The van der Waals surface area contributed by atoms with Crippen molar-refractivity contribution in [2.75, 3.05) is 0 Å². The fourth-order valence-electron chi connectivity index (χ4n) is 2.76. The van der Waals surface area contributed by atoms with Crippen LogP contribution in [0, 0.1) is 6.92 Å². The maximum Gasteiger partial charge on any atom is 0.387 e. The van der Waals surface area contributed by atoms with Crippen LogP contribution >= 0.6 is 11.6 Å². The van der Waals surface area contributed by atoms with Crippen LogP contribution in [0.4, 0.5) is 8.78 Å². The van der Waals surface area contributed by atoms with Gasteiger partial charge in [-0.1, -0.05) is 17.7 Å². The van der Waals surface area contributed by atoms with E-state index in [4.69, 9.17) is 11.6 Å². The van der Waals surface area contributed by atoms with Crippen molar-refractivity contribution < 1.29 is 18.3 Å². The Morgan fingerprint density at radius 2 is 2.12 bits per heavy atom. The molecule has 136 valence electrons. The number of ether oxygens (including phenoxy) is 1. The van der Waals surface area contributed by atoms with E-state index in [1.165, 1.54) is 18.2 Å². The molecule has 2 aromatic carbocycles. The number of amides is 1. The zero-order valence-corrected chi connectivity index (χ0v) is 14.8. The van der Waals surface area contributed by atoms with Crippen molar-refractivity contribution in [2.24, 2.45) is 7.05 Å². The summed E-state index contributed by atoms with van der Waals surface area (Å²) in [5, 5.41) is 2.77. The smallest absolute Gasteiger partial charge is 0.387 e. The summed E-state index contributed by atoms with van der Waals surface area (Å²) >= 11 is 5.89. The molecule has 0 bridgehead atoms. The highest BCUT2D eigenvalue weighted by molar-refractivity contribution is 6.32.